The first-order valence-corrected chi connectivity index (χ1v) is 9.26. The van der Waals surface area contributed by atoms with Gasteiger partial charge >= 0.3 is 0 Å². The SMILES string of the molecule is C[C@H](C#N)CN(C)S(=O)(=O)N1CCCC[C@@H]1c1nccs1. The van der Waals surface area contributed by atoms with E-state index in [1.807, 2.05) is 5.38 Å². The number of piperidine rings is 1. The standard InChI is InChI=1S/C13H20N4O2S2/c1-11(9-14)10-16(2)21(18,19)17-7-4-3-5-12(17)13-15-6-8-20-13/h6,8,11-12H,3-5,7,10H2,1-2H3/t11-,12-/m1/s1. The van der Waals surface area contributed by atoms with Gasteiger partial charge in [0, 0.05) is 31.7 Å². The summed E-state index contributed by atoms with van der Waals surface area (Å²) in [5.41, 5.74) is 0. The summed E-state index contributed by atoms with van der Waals surface area (Å²) in [6.07, 6.45) is 4.38. The lowest BCUT2D eigenvalue weighted by Crippen LogP contribution is -2.46. The van der Waals surface area contributed by atoms with Crippen molar-refractivity contribution in [2.45, 2.75) is 32.2 Å². The van der Waals surface area contributed by atoms with Crippen LogP contribution in [-0.2, 0) is 10.2 Å². The van der Waals surface area contributed by atoms with E-state index < -0.39 is 10.2 Å². The molecule has 1 fully saturated rings. The van der Waals surface area contributed by atoms with Gasteiger partial charge in [-0.2, -0.15) is 22.3 Å². The van der Waals surface area contributed by atoms with E-state index >= 15 is 0 Å². The van der Waals surface area contributed by atoms with Crippen LogP contribution < -0.4 is 0 Å². The highest BCUT2D eigenvalue weighted by atomic mass is 32.2. The maximum Gasteiger partial charge on any atom is 0.282 e. The summed E-state index contributed by atoms with van der Waals surface area (Å²) in [7, 11) is -2.02. The summed E-state index contributed by atoms with van der Waals surface area (Å²) in [5, 5.41) is 11.6. The fourth-order valence-electron chi connectivity index (χ4n) is 2.53. The minimum atomic E-state index is -3.56. The summed E-state index contributed by atoms with van der Waals surface area (Å²) >= 11 is 1.49. The van der Waals surface area contributed by atoms with Crippen LogP contribution in [0.4, 0.5) is 0 Å². The molecule has 0 N–H and O–H groups in total. The number of aromatic nitrogens is 1. The van der Waals surface area contributed by atoms with Gasteiger partial charge in [0.05, 0.1) is 18.0 Å². The van der Waals surface area contributed by atoms with Crippen LogP contribution in [0, 0.1) is 17.2 Å². The average Bonchev–Trinajstić information content (AvgIpc) is 3.01. The molecule has 1 aromatic rings. The highest BCUT2D eigenvalue weighted by Crippen LogP contribution is 2.34. The summed E-state index contributed by atoms with van der Waals surface area (Å²) < 4.78 is 28.3. The van der Waals surface area contributed by atoms with Crippen LogP contribution in [0.2, 0.25) is 0 Å². The number of thiazole rings is 1. The molecule has 0 aliphatic carbocycles. The van der Waals surface area contributed by atoms with Crippen molar-refractivity contribution in [3.05, 3.63) is 16.6 Å². The van der Waals surface area contributed by atoms with E-state index in [9.17, 15) is 8.42 Å². The second-order valence-electron chi connectivity index (χ2n) is 5.31. The van der Waals surface area contributed by atoms with Crippen molar-refractivity contribution in [1.29, 1.82) is 5.26 Å². The van der Waals surface area contributed by atoms with Gasteiger partial charge in [-0.05, 0) is 19.8 Å². The minimum absolute atomic E-state index is 0.177. The van der Waals surface area contributed by atoms with E-state index in [-0.39, 0.29) is 18.5 Å². The second-order valence-corrected chi connectivity index (χ2v) is 8.23. The van der Waals surface area contributed by atoms with Crippen LogP contribution >= 0.6 is 11.3 Å². The molecule has 21 heavy (non-hydrogen) atoms. The number of hydrogen-bond donors (Lipinski definition) is 0. The molecule has 1 aromatic heterocycles. The van der Waals surface area contributed by atoms with Crippen molar-refractivity contribution in [2.75, 3.05) is 20.1 Å². The Kier molecular flexibility index (Phi) is 5.32. The lowest BCUT2D eigenvalue weighted by molar-refractivity contribution is 0.236. The van der Waals surface area contributed by atoms with Crippen molar-refractivity contribution < 1.29 is 8.42 Å². The topological polar surface area (TPSA) is 77.3 Å². The first-order chi connectivity index (χ1) is 9.96. The van der Waals surface area contributed by atoms with Gasteiger partial charge < -0.3 is 0 Å². The zero-order valence-electron chi connectivity index (χ0n) is 12.3. The number of rotatable bonds is 5. The molecular formula is C13H20N4O2S2. The van der Waals surface area contributed by atoms with Gasteiger partial charge in [0.25, 0.3) is 10.2 Å². The Morgan fingerprint density at radius 3 is 3.00 bits per heavy atom. The van der Waals surface area contributed by atoms with Crippen LogP contribution in [0.15, 0.2) is 11.6 Å². The highest BCUT2D eigenvalue weighted by Gasteiger charge is 2.37. The molecular weight excluding hydrogens is 308 g/mol. The van der Waals surface area contributed by atoms with Gasteiger partial charge in [0.2, 0.25) is 0 Å². The molecule has 1 aliphatic heterocycles. The van der Waals surface area contributed by atoms with Gasteiger partial charge in [-0.3, -0.25) is 0 Å². The maximum absolute atomic E-state index is 12.8. The smallest absolute Gasteiger partial charge is 0.248 e. The monoisotopic (exact) mass is 328 g/mol. The van der Waals surface area contributed by atoms with Crippen LogP contribution in [0.25, 0.3) is 0 Å². The molecule has 116 valence electrons. The van der Waals surface area contributed by atoms with E-state index in [2.05, 4.69) is 11.1 Å². The first kappa shape index (κ1) is 16.4. The molecule has 8 heteroatoms. The van der Waals surface area contributed by atoms with Gasteiger partial charge in [0.1, 0.15) is 5.01 Å². The van der Waals surface area contributed by atoms with Gasteiger partial charge in [-0.1, -0.05) is 6.42 Å². The Morgan fingerprint density at radius 2 is 2.38 bits per heavy atom. The lowest BCUT2D eigenvalue weighted by atomic mass is 10.1. The van der Waals surface area contributed by atoms with E-state index in [0.29, 0.717) is 6.54 Å². The van der Waals surface area contributed by atoms with E-state index in [0.717, 1.165) is 24.3 Å². The molecule has 2 atom stereocenters. The molecule has 0 radical (unpaired) electrons. The zero-order chi connectivity index (χ0) is 15.5. The molecule has 0 unspecified atom stereocenters. The third kappa shape index (κ3) is 3.61. The lowest BCUT2D eigenvalue weighted by Gasteiger charge is -2.36. The molecule has 6 nitrogen and oxygen atoms in total. The Balaban J connectivity index is 2.22. The Morgan fingerprint density at radius 1 is 1.62 bits per heavy atom. The molecule has 0 aromatic carbocycles. The van der Waals surface area contributed by atoms with Crippen LogP contribution in [0.3, 0.4) is 0 Å². The summed E-state index contributed by atoms with van der Waals surface area (Å²) in [6, 6.07) is 1.90. The quantitative estimate of drug-likeness (QED) is 0.828. The van der Waals surface area contributed by atoms with Crippen LogP contribution in [-0.4, -0.2) is 42.1 Å². The molecule has 2 rings (SSSR count). The Labute approximate surface area is 130 Å². The molecule has 1 saturated heterocycles. The normalized spacial score (nSPS) is 22.1. The van der Waals surface area contributed by atoms with Gasteiger partial charge in [0.15, 0.2) is 0 Å². The number of nitriles is 1. The first-order valence-electron chi connectivity index (χ1n) is 6.99. The zero-order valence-corrected chi connectivity index (χ0v) is 13.9. The number of nitrogens with zero attached hydrogens (tertiary/aromatic N) is 4. The highest BCUT2D eigenvalue weighted by molar-refractivity contribution is 7.86. The summed E-state index contributed by atoms with van der Waals surface area (Å²) in [4.78, 5) is 4.28. The third-order valence-electron chi connectivity index (χ3n) is 3.63. The van der Waals surface area contributed by atoms with Crippen LogP contribution in [0.5, 0.6) is 0 Å². The van der Waals surface area contributed by atoms with E-state index in [1.165, 1.54) is 22.7 Å². The Hall–Kier alpha value is -1.01. The van der Waals surface area contributed by atoms with Gasteiger partial charge in [-0.15, -0.1) is 11.3 Å². The van der Waals surface area contributed by atoms with Crippen molar-refractivity contribution >= 4 is 21.5 Å². The molecule has 1 aliphatic rings. The largest absolute Gasteiger partial charge is 0.282 e. The van der Waals surface area contributed by atoms with Crippen molar-refractivity contribution in [3.63, 3.8) is 0 Å². The van der Waals surface area contributed by atoms with E-state index in [1.54, 1.807) is 17.4 Å². The Bertz CT molecular complexity index is 594. The van der Waals surface area contributed by atoms with Crippen LogP contribution in [0.1, 0.15) is 37.2 Å². The van der Waals surface area contributed by atoms with Crippen molar-refractivity contribution in [3.8, 4) is 6.07 Å². The van der Waals surface area contributed by atoms with Gasteiger partial charge in [-0.25, -0.2) is 4.98 Å². The number of hydrogen-bond acceptors (Lipinski definition) is 5. The minimum Gasteiger partial charge on any atom is -0.248 e. The molecule has 0 bridgehead atoms. The second kappa shape index (κ2) is 6.83. The van der Waals surface area contributed by atoms with Crippen molar-refractivity contribution in [2.24, 2.45) is 5.92 Å². The fraction of sp³-hybridized carbons (Fsp3) is 0.692. The fourth-order valence-corrected chi connectivity index (χ4v) is 5.04. The summed E-state index contributed by atoms with van der Waals surface area (Å²) in [6.45, 7) is 2.44. The van der Waals surface area contributed by atoms with E-state index in [4.69, 9.17) is 5.26 Å². The molecule has 0 amide bonds. The molecule has 0 saturated carbocycles. The third-order valence-corrected chi connectivity index (χ3v) is 6.48. The molecule has 2 heterocycles. The predicted octanol–water partition coefficient (Wildman–Crippen LogP) is 2.01. The van der Waals surface area contributed by atoms with Crippen molar-refractivity contribution in [1.82, 2.24) is 13.6 Å². The average molecular weight is 328 g/mol. The summed E-state index contributed by atoms with van der Waals surface area (Å²) in [5.74, 6) is -0.326. The maximum atomic E-state index is 12.8. The predicted molar refractivity (Wildman–Crippen MR) is 81.7 cm³/mol. The molecule has 0 spiro atoms.